The van der Waals surface area contributed by atoms with Gasteiger partial charge in [0.25, 0.3) is 0 Å². The van der Waals surface area contributed by atoms with E-state index in [0.29, 0.717) is 6.42 Å². The van der Waals surface area contributed by atoms with E-state index in [1.807, 2.05) is 0 Å². The highest BCUT2D eigenvalue weighted by Gasteiger charge is 2.03. The van der Waals surface area contributed by atoms with Crippen LogP contribution in [0.25, 0.3) is 0 Å². The van der Waals surface area contributed by atoms with Gasteiger partial charge in [-0.3, -0.25) is 4.98 Å². The number of pyridine rings is 1. The number of aryl methyl sites for hydroxylation is 1. The van der Waals surface area contributed by atoms with Crippen molar-refractivity contribution in [1.29, 1.82) is 0 Å². The topological polar surface area (TPSA) is 47.0 Å². The van der Waals surface area contributed by atoms with Crippen LogP contribution in [0.3, 0.4) is 0 Å². The average molecular weight is 250 g/mol. The lowest BCUT2D eigenvalue weighted by molar-refractivity contribution is 0.610. The summed E-state index contributed by atoms with van der Waals surface area (Å²) in [5.41, 5.74) is 0.980. The fraction of sp³-hybridized carbons (Fsp3) is 0.286. The minimum Gasteiger partial charge on any atom is -0.265 e. The first-order valence-corrected chi connectivity index (χ1v) is 6.89. The second-order valence-electron chi connectivity index (χ2n) is 2.35. The van der Waals surface area contributed by atoms with Crippen LogP contribution in [0.4, 0.5) is 0 Å². The lowest BCUT2D eigenvalue weighted by atomic mass is 10.2. The Balaban J connectivity index is 2.56. The zero-order valence-electron chi connectivity index (χ0n) is 6.27. The molecule has 1 aromatic heterocycles. The molecule has 0 atom stereocenters. The molecule has 0 N–H and O–H groups in total. The van der Waals surface area contributed by atoms with Crippen LogP contribution in [-0.2, 0) is 14.7 Å². The van der Waals surface area contributed by atoms with E-state index in [2.05, 4.69) is 19.8 Å². The quantitative estimate of drug-likeness (QED) is 0.761. The van der Waals surface area contributed by atoms with Gasteiger partial charge in [0.2, 0.25) is 8.27 Å². The molecule has 5 heteroatoms. The van der Waals surface area contributed by atoms with Gasteiger partial charge < -0.3 is 0 Å². The maximum absolute atomic E-state index is 10.7. The molecule has 1 aromatic rings. The Labute approximate surface area is 78.9 Å². The molecule has 66 valence electrons. The standard InChI is InChI=1S/C7H8BrNO2S/c8-12(10,11)6-3-7-1-4-9-5-2-7/h1-2,4-5H,3,6H2. The van der Waals surface area contributed by atoms with Crippen LogP contribution in [0.5, 0.6) is 0 Å². The highest BCUT2D eigenvalue weighted by Crippen LogP contribution is 2.05. The molecule has 0 bridgehead atoms. The molecule has 0 aliphatic carbocycles. The molecular weight excluding hydrogens is 242 g/mol. The molecule has 1 heterocycles. The van der Waals surface area contributed by atoms with Crippen molar-refractivity contribution < 1.29 is 8.42 Å². The van der Waals surface area contributed by atoms with Crippen molar-refractivity contribution in [2.45, 2.75) is 6.42 Å². The first kappa shape index (κ1) is 9.67. The number of aromatic nitrogens is 1. The molecule has 0 aliphatic rings. The van der Waals surface area contributed by atoms with Crippen LogP contribution in [0.15, 0.2) is 24.5 Å². The van der Waals surface area contributed by atoms with E-state index < -0.39 is 8.27 Å². The number of rotatable bonds is 3. The Morgan fingerprint density at radius 3 is 2.42 bits per heavy atom. The van der Waals surface area contributed by atoms with Crippen molar-refractivity contribution >= 4 is 23.1 Å². The molecule has 12 heavy (non-hydrogen) atoms. The van der Waals surface area contributed by atoms with Crippen molar-refractivity contribution in [3.63, 3.8) is 0 Å². The summed E-state index contributed by atoms with van der Waals surface area (Å²) >= 11 is 2.59. The van der Waals surface area contributed by atoms with E-state index in [9.17, 15) is 8.42 Å². The van der Waals surface area contributed by atoms with Gasteiger partial charge in [-0.05, 0) is 24.1 Å². The second-order valence-corrected chi connectivity index (χ2v) is 6.79. The van der Waals surface area contributed by atoms with Gasteiger partial charge in [0.1, 0.15) is 0 Å². The number of halogens is 1. The third kappa shape index (κ3) is 3.82. The van der Waals surface area contributed by atoms with Gasteiger partial charge in [0, 0.05) is 12.4 Å². The van der Waals surface area contributed by atoms with Gasteiger partial charge in [-0.1, -0.05) is 0 Å². The van der Waals surface area contributed by atoms with Crippen molar-refractivity contribution in [2.24, 2.45) is 0 Å². The molecule has 0 saturated carbocycles. The SMILES string of the molecule is O=S(=O)(Br)CCc1ccncc1. The molecule has 0 saturated heterocycles. The Kier molecular flexibility index (Phi) is 3.22. The summed E-state index contributed by atoms with van der Waals surface area (Å²) in [5.74, 6) is 0.122. The highest BCUT2D eigenvalue weighted by atomic mass is 79.9. The van der Waals surface area contributed by atoms with Crippen molar-refractivity contribution in [3.05, 3.63) is 30.1 Å². The molecule has 0 aliphatic heterocycles. The first-order valence-electron chi connectivity index (χ1n) is 3.39. The normalized spacial score (nSPS) is 11.4. The Morgan fingerprint density at radius 1 is 1.33 bits per heavy atom. The first-order chi connectivity index (χ1) is 5.58. The highest BCUT2D eigenvalue weighted by molar-refractivity contribution is 9.47. The van der Waals surface area contributed by atoms with Crippen LogP contribution < -0.4 is 0 Å². The summed E-state index contributed by atoms with van der Waals surface area (Å²) in [6.45, 7) is 0. The summed E-state index contributed by atoms with van der Waals surface area (Å²) in [4.78, 5) is 3.83. The molecule has 0 fully saturated rings. The number of hydrogen-bond acceptors (Lipinski definition) is 3. The van der Waals surface area contributed by atoms with Gasteiger partial charge in [-0.2, -0.15) is 0 Å². The third-order valence-electron chi connectivity index (χ3n) is 1.38. The lowest BCUT2D eigenvalue weighted by Crippen LogP contribution is -2.00. The van der Waals surface area contributed by atoms with E-state index in [1.165, 1.54) is 0 Å². The van der Waals surface area contributed by atoms with Gasteiger partial charge >= 0.3 is 0 Å². The molecule has 0 amide bonds. The molecule has 0 aromatic carbocycles. The minimum atomic E-state index is -3.03. The predicted molar refractivity (Wildman–Crippen MR) is 50.7 cm³/mol. The maximum atomic E-state index is 10.7. The fourth-order valence-corrected chi connectivity index (χ4v) is 1.75. The Bertz CT molecular complexity index is 336. The van der Waals surface area contributed by atoms with E-state index in [-0.39, 0.29) is 5.75 Å². The van der Waals surface area contributed by atoms with E-state index >= 15 is 0 Å². The monoisotopic (exact) mass is 249 g/mol. The molecule has 0 spiro atoms. The van der Waals surface area contributed by atoms with Crippen LogP contribution >= 0.6 is 14.8 Å². The summed E-state index contributed by atoms with van der Waals surface area (Å²) in [6.07, 6.45) is 3.82. The fourth-order valence-electron chi connectivity index (χ4n) is 0.789. The molecule has 1 rings (SSSR count). The zero-order valence-corrected chi connectivity index (χ0v) is 8.68. The Hall–Kier alpha value is -0.420. The number of hydrogen-bond donors (Lipinski definition) is 0. The number of nitrogens with zero attached hydrogens (tertiary/aromatic N) is 1. The third-order valence-corrected chi connectivity index (χ3v) is 3.05. The zero-order chi connectivity index (χ0) is 9.03. The van der Waals surface area contributed by atoms with Crippen LogP contribution in [-0.4, -0.2) is 19.2 Å². The van der Waals surface area contributed by atoms with E-state index in [1.54, 1.807) is 24.5 Å². The largest absolute Gasteiger partial charge is 0.265 e. The van der Waals surface area contributed by atoms with Gasteiger partial charge in [0.05, 0.1) is 20.6 Å². The summed E-state index contributed by atoms with van der Waals surface area (Å²) in [7, 11) is -3.03. The van der Waals surface area contributed by atoms with Gasteiger partial charge in [-0.25, -0.2) is 8.42 Å². The molecular formula is C7H8BrNO2S. The van der Waals surface area contributed by atoms with Crippen molar-refractivity contribution in [2.75, 3.05) is 5.75 Å². The molecule has 0 radical (unpaired) electrons. The van der Waals surface area contributed by atoms with E-state index in [4.69, 9.17) is 0 Å². The maximum Gasteiger partial charge on any atom is 0.209 e. The van der Waals surface area contributed by atoms with Crippen LogP contribution in [0.2, 0.25) is 0 Å². The predicted octanol–water partition coefficient (Wildman–Crippen LogP) is 1.35. The van der Waals surface area contributed by atoms with Crippen LogP contribution in [0.1, 0.15) is 5.56 Å². The smallest absolute Gasteiger partial charge is 0.209 e. The van der Waals surface area contributed by atoms with Crippen molar-refractivity contribution in [3.8, 4) is 0 Å². The van der Waals surface area contributed by atoms with Crippen LogP contribution in [0, 0.1) is 0 Å². The summed E-state index contributed by atoms with van der Waals surface area (Å²) < 4.78 is 21.4. The minimum absolute atomic E-state index is 0.122. The van der Waals surface area contributed by atoms with E-state index in [0.717, 1.165) is 5.56 Å². The second kappa shape index (κ2) is 4.00. The van der Waals surface area contributed by atoms with Gasteiger partial charge in [-0.15, -0.1) is 0 Å². The average Bonchev–Trinajstić information content (AvgIpc) is 2.02. The molecule has 3 nitrogen and oxygen atoms in total. The summed E-state index contributed by atoms with van der Waals surface area (Å²) in [6, 6.07) is 3.61. The lowest BCUT2D eigenvalue weighted by Gasteiger charge is -1.96. The van der Waals surface area contributed by atoms with Crippen molar-refractivity contribution in [1.82, 2.24) is 4.98 Å². The summed E-state index contributed by atoms with van der Waals surface area (Å²) in [5, 5.41) is 0. The Morgan fingerprint density at radius 2 is 1.92 bits per heavy atom. The molecule has 0 unspecified atom stereocenters. The van der Waals surface area contributed by atoms with Gasteiger partial charge in [0.15, 0.2) is 0 Å².